The summed E-state index contributed by atoms with van der Waals surface area (Å²) in [7, 11) is 1.39. The highest BCUT2D eigenvalue weighted by Crippen LogP contribution is 2.41. The Morgan fingerprint density at radius 1 is 0.762 bits per heavy atom. The summed E-state index contributed by atoms with van der Waals surface area (Å²) in [6, 6.07) is 28.3. The number of esters is 2. The number of nitrogens with zero attached hydrogens (tertiary/aromatic N) is 3. The Morgan fingerprint density at radius 2 is 1.46 bits per heavy atom. The molecular weight excluding hydrogens is 1120 g/mol. The third-order valence-corrected chi connectivity index (χ3v) is 14.1. The van der Waals surface area contributed by atoms with Crippen LogP contribution < -0.4 is 38.2 Å². The maximum Gasteiger partial charge on any atom is 0.408 e. The minimum Gasteiger partial charge on any atom is -0.494 e. The number of epoxide rings is 1. The molecule has 3 atom stereocenters. The van der Waals surface area contributed by atoms with Crippen molar-refractivity contribution in [1.82, 2.24) is 4.98 Å². The van der Waals surface area contributed by atoms with Gasteiger partial charge in [0.1, 0.15) is 42.6 Å². The number of benzene rings is 6. The van der Waals surface area contributed by atoms with Crippen LogP contribution in [-0.4, -0.2) is 88.9 Å². The van der Waals surface area contributed by atoms with Crippen molar-refractivity contribution in [3.8, 4) is 40.2 Å². The number of methoxy groups -OCH3 is 1. The second kappa shape index (κ2) is 30.0. The van der Waals surface area contributed by atoms with Gasteiger partial charge in [-0.15, -0.1) is 0 Å². The van der Waals surface area contributed by atoms with Gasteiger partial charge in [0.05, 0.1) is 62.1 Å². The lowest BCUT2D eigenvalue weighted by atomic mass is 10.0. The van der Waals surface area contributed by atoms with Gasteiger partial charge in [-0.3, -0.25) is 0 Å². The number of alkyl halides is 3. The molecule has 0 aliphatic carbocycles. The molecule has 8 rings (SSSR count). The van der Waals surface area contributed by atoms with E-state index in [4.69, 9.17) is 47.4 Å². The molecule has 446 valence electrons. The van der Waals surface area contributed by atoms with Gasteiger partial charge in [0.15, 0.2) is 29.3 Å². The standard InChI is InChI=1S/C63H66F5N3O12S/c1-6-15-51(43-21-26-52(53(34-43)74-5)83-61(73)44-17-16-42-33-47(24-20-41(42)32-44)77-30-14-31-79-57-38-80-57)81-54-35-45(37-69-71(39-63(66,67)68)62-70-49-36-48(75-9-4)25-27-55(49)84-62)60(59(65)58(54)64)82-50(7-2)40-18-22-46(23-19-40)76-28-12-10-11-13-29-78-56(72)8-3/h8,16-27,32-37,50-51,57H,3,6-7,9-15,28-31,38-39H2,1-2,4-5H3/b69-37+. The van der Waals surface area contributed by atoms with E-state index < -0.39 is 60.0 Å². The van der Waals surface area contributed by atoms with Crippen molar-refractivity contribution in [2.45, 2.75) is 96.8 Å². The molecule has 0 saturated carbocycles. The molecule has 1 fully saturated rings. The van der Waals surface area contributed by atoms with Crippen LogP contribution in [-0.2, 0) is 19.0 Å². The summed E-state index contributed by atoms with van der Waals surface area (Å²) in [5, 5.41) is 6.35. The van der Waals surface area contributed by atoms with Crippen LogP contribution in [0.4, 0.5) is 27.1 Å². The minimum atomic E-state index is -4.78. The first kappa shape index (κ1) is 62.0. The fourth-order valence-corrected chi connectivity index (χ4v) is 9.69. The van der Waals surface area contributed by atoms with Crippen molar-refractivity contribution < 1.29 is 78.9 Å². The van der Waals surface area contributed by atoms with E-state index in [1.54, 1.807) is 86.6 Å². The van der Waals surface area contributed by atoms with Crippen molar-refractivity contribution in [3.63, 3.8) is 0 Å². The van der Waals surface area contributed by atoms with E-state index in [2.05, 4.69) is 16.7 Å². The number of halogens is 5. The van der Waals surface area contributed by atoms with Crippen LogP contribution in [0.25, 0.3) is 21.0 Å². The third-order valence-electron chi connectivity index (χ3n) is 13.1. The summed E-state index contributed by atoms with van der Waals surface area (Å²) in [6.07, 6.45) is 0.224. The number of hydrogen-bond acceptors (Lipinski definition) is 16. The number of hydrazone groups is 1. The van der Waals surface area contributed by atoms with E-state index in [-0.39, 0.29) is 46.9 Å². The van der Waals surface area contributed by atoms with Crippen molar-refractivity contribution in [3.05, 3.63) is 150 Å². The molecule has 0 amide bonds. The first-order valence-corrected chi connectivity index (χ1v) is 28.6. The number of hydrogen-bond donors (Lipinski definition) is 0. The monoisotopic (exact) mass is 1180 g/mol. The summed E-state index contributed by atoms with van der Waals surface area (Å²) in [5.41, 5.74) is 1.41. The summed E-state index contributed by atoms with van der Waals surface area (Å²) in [4.78, 5) is 29.3. The maximum atomic E-state index is 17.0. The Morgan fingerprint density at radius 3 is 2.19 bits per heavy atom. The fraction of sp³-hybridized carbons (Fsp3) is 0.365. The van der Waals surface area contributed by atoms with Crippen LogP contribution in [0.2, 0.25) is 0 Å². The summed E-state index contributed by atoms with van der Waals surface area (Å²) in [5.74, 6) is -3.32. The molecule has 0 bridgehead atoms. The maximum absolute atomic E-state index is 17.0. The number of rotatable bonds is 33. The Bertz CT molecular complexity index is 3370. The molecule has 3 unspecified atom stereocenters. The van der Waals surface area contributed by atoms with Gasteiger partial charge in [-0.25, -0.2) is 19.6 Å². The molecule has 1 aliphatic heterocycles. The molecule has 1 saturated heterocycles. The lowest BCUT2D eigenvalue weighted by molar-refractivity contribution is -0.137. The van der Waals surface area contributed by atoms with Crippen molar-refractivity contribution in [2.24, 2.45) is 5.10 Å². The van der Waals surface area contributed by atoms with Gasteiger partial charge in [-0.1, -0.05) is 68.5 Å². The molecule has 84 heavy (non-hydrogen) atoms. The summed E-state index contributed by atoms with van der Waals surface area (Å²) >= 11 is 0.948. The summed E-state index contributed by atoms with van der Waals surface area (Å²) < 4.78 is 134. The predicted molar refractivity (Wildman–Crippen MR) is 309 cm³/mol. The van der Waals surface area contributed by atoms with Crippen LogP contribution in [0.3, 0.4) is 0 Å². The average molecular weight is 1180 g/mol. The number of carbonyl (C=O) groups excluding carboxylic acids is 2. The topological polar surface area (TPSA) is 158 Å². The molecule has 0 radical (unpaired) electrons. The lowest BCUT2D eigenvalue weighted by Gasteiger charge is -2.24. The predicted octanol–water partition coefficient (Wildman–Crippen LogP) is 15.0. The zero-order valence-electron chi connectivity index (χ0n) is 47.1. The molecule has 1 aliphatic rings. The Hall–Kier alpha value is -8.01. The summed E-state index contributed by atoms with van der Waals surface area (Å²) in [6.45, 7) is 9.94. The molecule has 6 aromatic carbocycles. The molecule has 15 nitrogen and oxygen atoms in total. The normalized spacial score (nSPS) is 13.8. The Labute approximate surface area is 487 Å². The van der Waals surface area contributed by atoms with Crippen molar-refractivity contribution >= 4 is 55.6 Å². The zero-order chi connectivity index (χ0) is 59.6. The average Bonchev–Trinajstić information content (AvgIpc) is 2.32. The molecule has 1 aromatic heterocycles. The van der Waals surface area contributed by atoms with Gasteiger partial charge >= 0.3 is 18.1 Å². The highest BCUT2D eigenvalue weighted by molar-refractivity contribution is 7.22. The zero-order valence-corrected chi connectivity index (χ0v) is 47.9. The van der Waals surface area contributed by atoms with E-state index in [1.165, 1.54) is 13.2 Å². The van der Waals surface area contributed by atoms with Crippen LogP contribution in [0.15, 0.2) is 121 Å². The smallest absolute Gasteiger partial charge is 0.408 e. The number of fused-ring (bicyclic) bond motifs is 2. The number of thiazole rings is 1. The Kier molecular flexibility index (Phi) is 22.2. The highest BCUT2D eigenvalue weighted by atomic mass is 32.1. The van der Waals surface area contributed by atoms with Gasteiger partial charge in [0, 0.05) is 24.1 Å². The number of unbranched alkanes of at least 4 members (excludes halogenated alkanes) is 3. The van der Waals surface area contributed by atoms with Crippen molar-refractivity contribution in [2.75, 3.05) is 58.3 Å². The van der Waals surface area contributed by atoms with Crippen LogP contribution in [0.1, 0.15) is 111 Å². The molecule has 7 aromatic rings. The number of aromatic nitrogens is 1. The SMILES string of the molecule is C=CC(=O)OCCCCCCOc1ccc(C(CC)Oc2c(/C=N/N(CC(F)(F)F)c3nc4cc(OCC)ccc4s3)cc(OC(CCC)c3ccc(OC(=O)c4ccc5cc(OCCCOC6CO6)ccc5c4)c(OC)c3)c(F)c2F)cc1. The quantitative estimate of drug-likeness (QED) is 0.00559. The Balaban J connectivity index is 1.03. The van der Waals surface area contributed by atoms with Gasteiger partial charge in [-0.2, -0.15) is 27.1 Å². The molecule has 0 N–H and O–H groups in total. The van der Waals surface area contributed by atoms with E-state index in [9.17, 15) is 22.8 Å². The molecule has 0 spiro atoms. The first-order valence-electron chi connectivity index (χ1n) is 27.7. The lowest BCUT2D eigenvalue weighted by Crippen LogP contribution is -2.30. The third kappa shape index (κ3) is 17.5. The largest absolute Gasteiger partial charge is 0.494 e. The number of carbonyl (C=O) groups is 2. The number of ether oxygens (including phenoxy) is 10. The minimum absolute atomic E-state index is 0.0766. The highest BCUT2D eigenvalue weighted by Gasteiger charge is 2.33. The van der Waals surface area contributed by atoms with Gasteiger partial charge in [-0.05, 0) is 134 Å². The molecule has 2 heterocycles. The first-order chi connectivity index (χ1) is 40.6. The molecule has 21 heteroatoms. The van der Waals surface area contributed by atoms with Gasteiger partial charge in [0.25, 0.3) is 0 Å². The van der Waals surface area contributed by atoms with Crippen molar-refractivity contribution in [1.29, 1.82) is 0 Å². The second-order valence-corrected chi connectivity index (χ2v) is 20.4. The second-order valence-electron chi connectivity index (χ2n) is 19.4. The van der Waals surface area contributed by atoms with E-state index >= 15 is 8.78 Å². The van der Waals surface area contributed by atoms with Gasteiger partial charge < -0.3 is 47.4 Å². The van der Waals surface area contributed by atoms with Crippen LogP contribution in [0, 0.1) is 11.6 Å². The molecular formula is C63H66F5N3O12S. The van der Waals surface area contributed by atoms with Crippen LogP contribution >= 0.6 is 11.3 Å². The van der Waals surface area contributed by atoms with E-state index in [1.807, 2.05) is 25.1 Å². The fourth-order valence-electron chi connectivity index (χ4n) is 8.79. The van der Waals surface area contributed by atoms with Crippen LogP contribution in [0.5, 0.6) is 40.2 Å². The van der Waals surface area contributed by atoms with Gasteiger partial charge in [0.2, 0.25) is 16.8 Å². The van der Waals surface area contributed by atoms with E-state index in [0.717, 1.165) is 59.7 Å². The van der Waals surface area contributed by atoms with E-state index in [0.29, 0.717) is 103 Å². The number of anilines is 1.